The van der Waals surface area contributed by atoms with Crippen LogP contribution in [0, 0.1) is 11.3 Å². The van der Waals surface area contributed by atoms with Gasteiger partial charge in [-0.25, -0.2) is 23.7 Å². The minimum atomic E-state index is -0.974. The SMILES string of the molecule is Cn1nnnc1NC(=O)c1nn(C)c(=O)n(-c2ccc(C#N)cn2)c1=O. The first-order valence-electron chi connectivity index (χ1n) is 7.03. The predicted molar refractivity (Wildman–Crippen MR) is 84.3 cm³/mol. The van der Waals surface area contributed by atoms with Crippen molar-refractivity contribution in [1.29, 1.82) is 5.26 Å². The Hall–Kier alpha value is -4.21. The molecule has 130 valence electrons. The van der Waals surface area contributed by atoms with Crippen LogP contribution < -0.4 is 16.6 Å². The van der Waals surface area contributed by atoms with Gasteiger partial charge in [0.05, 0.1) is 5.56 Å². The number of aromatic nitrogens is 8. The second-order valence-corrected chi connectivity index (χ2v) is 4.99. The Balaban J connectivity index is 2.11. The molecule has 0 saturated carbocycles. The Kier molecular flexibility index (Phi) is 4.07. The molecule has 0 fully saturated rings. The van der Waals surface area contributed by atoms with Gasteiger partial charge < -0.3 is 0 Å². The van der Waals surface area contributed by atoms with Gasteiger partial charge in [-0.15, -0.1) is 0 Å². The number of hydrogen-bond acceptors (Lipinski definition) is 9. The Morgan fingerprint density at radius 2 is 2.00 bits per heavy atom. The van der Waals surface area contributed by atoms with Crippen LogP contribution in [0.25, 0.3) is 5.82 Å². The molecule has 0 aliphatic heterocycles. The summed E-state index contributed by atoms with van der Waals surface area (Å²) in [5, 5.41) is 25.3. The van der Waals surface area contributed by atoms with Crippen molar-refractivity contribution in [2.45, 2.75) is 0 Å². The number of hydrogen-bond donors (Lipinski definition) is 1. The van der Waals surface area contributed by atoms with Crippen LogP contribution in [0.15, 0.2) is 27.9 Å². The number of aryl methyl sites for hydroxylation is 2. The van der Waals surface area contributed by atoms with Gasteiger partial charge in [-0.3, -0.25) is 14.9 Å². The van der Waals surface area contributed by atoms with E-state index in [1.807, 2.05) is 6.07 Å². The zero-order chi connectivity index (χ0) is 18.8. The van der Waals surface area contributed by atoms with Gasteiger partial charge >= 0.3 is 5.69 Å². The number of carbonyl (C=O) groups excluding carboxylic acids is 1. The first-order chi connectivity index (χ1) is 12.4. The maximum Gasteiger partial charge on any atom is 0.353 e. The summed E-state index contributed by atoms with van der Waals surface area (Å²) in [6.45, 7) is 0. The van der Waals surface area contributed by atoms with Gasteiger partial charge in [0.25, 0.3) is 11.5 Å². The smallest absolute Gasteiger partial charge is 0.288 e. The Labute approximate surface area is 144 Å². The molecule has 3 aromatic heterocycles. The third-order valence-electron chi connectivity index (χ3n) is 3.29. The zero-order valence-corrected chi connectivity index (χ0v) is 13.5. The van der Waals surface area contributed by atoms with Crippen molar-refractivity contribution in [3.8, 4) is 11.9 Å². The molecule has 3 aromatic rings. The quantitative estimate of drug-likeness (QED) is 0.558. The Bertz CT molecular complexity index is 1150. The fraction of sp³-hybridized carbons (Fsp3) is 0.154. The standard InChI is InChI=1S/C13H10N10O3/c1-21-12(17-19-20-21)16-10(24)9-11(25)23(13(26)22(2)18-9)8-4-3-7(5-14)6-15-8/h3-4,6H,1-2H3,(H,16,17,20,24). The van der Waals surface area contributed by atoms with Crippen molar-refractivity contribution >= 4 is 11.9 Å². The molecule has 3 heterocycles. The van der Waals surface area contributed by atoms with Gasteiger partial charge in [0.15, 0.2) is 0 Å². The minimum Gasteiger partial charge on any atom is -0.288 e. The summed E-state index contributed by atoms with van der Waals surface area (Å²) in [6, 6.07) is 4.58. The molecule has 0 aromatic carbocycles. The maximum absolute atomic E-state index is 12.6. The van der Waals surface area contributed by atoms with Gasteiger partial charge in [-0.1, -0.05) is 5.10 Å². The largest absolute Gasteiger partial charge is 0.353 e. The van der Waals surface area contributed by atoms with E-state index in [0.717, 1.165) is 4.68 Å². The molecule has 1 N–H and O–H groups in total. The van der Waals surface area contributed by atoms with Gasteiger partial charge in [0.2, 0.25) is 11.6 Å². The summed E-state index contributed by atoms with van der Waals surface area (Å²) < 4.78 is 2.68. The number of amides is 1. The van der Waals surface area contributed by atoms with Crippen molar-refractivity contribution in [3.05, 3.63) is 50.4 Å². The number of tetrazole rings is 1. The lowest BCUT2D eigenvalue weighted by molar-refractivity contribution is 0.101. The Morgan fingerprint density at radius 3 is 2.58 bits per heavy atom. The monoisotopic (exact) mass is 354 g/mol. The van der Waals surface area contributed by atoms with Crippen molar-refractivity contribution < 1.29 is 4.79 Å². The first kappa shape index (κ1) is 16.6. The van der Waals surface area contributed by atoms with E-state index >= 15 is 0 Å². The fourth-order valence-corrected chi connectivity index (χ4v) is 2.00. The van der Waals surface area contributed by atoms with Crippen LogP contribution in [-0.2, 0) is 14.1 Å². The van der Waals surface area contributed by atoms with Crippen molar-refractivity contribution in [2.24, 2.45) is 14.1 Å². The minimum absolute atomic E-state index is 0.00639. The van der Waals surface area contributed by atoms with Crippen LogP contribution in [0.4, 0.5) is 5.95 Å². The lowest BCUT2D eigenvalue weighted by Gasteiger charge is -2.08. The normalized spacial score (nSPS) is 10.3. The molecule has 0 aliphatic carbocycles. The summed E-state index contributed by atoms with van der Waals surface area (Å²) in [5.74, 6) is -0.953. The summed E-state index contributed by atoms with van der Waals surface area (Å²) >= 11 is 0. The maximum atomic E-state index is 12.6. The van der Waals surface area contributed by atoms with Crippen LogP contribution in [-0.4, -0.2) is 45.4 Å². The van der Waals surface area contributed by atoms with E-state index in [9.17, 15) is 14.4 Å². The molecule has 0 atom stereocenters. The molecule has 26 heavy (non-hydrogen) atoms. The number of nitrogens with one attached hydrogen (secondary N) is 1. The van der Waals surface area contributed by atoms with Gasteiger partial charge in [-0.2, -0.15) is 10.4 Å². The molecule has 0 aliphatic rings. The highest BCUT2D eigenvalue weighted by Crippen LogP contribution is 2.02. The second-order valence-electron chi connectivity index (χ2n) is 4.99. The van der Waals surface area contributed by atoms with Crippen molar-refractivity contribution in [3.63, 3.8) is 0 Å². The van der Waals surface area contributed by atoms with Crippen LogP contribution in [0.5, 0.6) is 0 Å². The van der Waals surface area contributed by atoms with Crippen LogP contribution in [0.3, 0.4) is 0 Å². The average molecular weight is 354 g/mol. The lowest BCUT2D eigenvalue weighted by atomic mass is 10.3. The molecular formula is C13H10N10O3. The topological polar surface area (TPSA) is 166 Å². The van der Waals surface area contributed by atoms with E-state index in [4.69, 9.17) is 5.26 Å². The third kappa shape index (κ3) is 2.82. The van der Waals surface area contributed by atoms with E-state index in [0.29, 0.717) is 4.57 Å². The first-order valence-corrected chi connectivity index (χ1v) is 7.03. The highest BCUT2D eigenvalue weighted by atomic mass is 16.2. The van der Waals surface area contributed by atoms with E-state index in [-0.39, 0.29) is 17.3 Å². The molecule has 0 saturated heterocycles. The molecule has 0 radical (unpaired) electrons. The number of anilines is 1. The summed E-state index contributed by atoms with van der Waals surface area (Å²) in [6.07, 6.45) is 1.20. The fourth-order valence-electron chi connectivity index (χ4n) is 2.00. The third-order valence-corrected chi connectivity index (χ3v) is 3.29. The average Bonchev–Trinajstić information content (AvgIpc) is 3.03. The summed E-state index contributed by atoms with van der Waals surface area (Å²) in [7, 11) is 2.77. The van der Waals surface area contributed by atoms with Crippen LogP contribution in [0.1, 0.15) is 16.1 Å². The number of nitrogens with zero attached hydrogens (tertiary/aromatic N) is 9. The molecule has 0 bridgehead atoms. The van der Waals surface area contributed by atoms with E-state index in [1.165, 1.54) is 37.1 Å². The number of carbonyl (C=O) groups is 1. The summed E-state index contributed by atoms with van der Waals surface area (Å²) in [4.78, 5) is 41.2. The highest BCUT2D eigenvalue weighted by molar-refractivity contribution is 6.01. The summed E-state index contributed by atoms with van der Waals surface area (Å²) in [5.41, 5.74) is -2.08. The molecule has 0 unspecified atom stereocenters. The molecule has 3 rings (SSSR count). The van der Waals surface area contributed by atoms with Crippen LogP contribution in [0.2, 0.25) is 0 Å². The highest BCUT2D eigenvalue weighted by Gasteiger charge is 2.21. The van der Waals surface area contributed by atoms with Crippen molar-refractivity contribution in [1.82, 2.24) is 39.5 Å². The lowest BCUT2D eigenvalue weighted by Crippen LogP contribution is -2.44. The van der Waals surface area contributed by atoms with E-state index in [1.54, 1.807) is 0 Å². The molecule has 13 nitrogen and oxygen atoms in total. The van der Waals surface area contributed by atoms with Gasteiger partial charge in [-0.05, 0) is 22.6 Å². The van der Waals surface area contributed by atoms with Gasteiger partial charge in [0, 0.05) is 20.3 Å². The molecule has 1 amide bonds. The number of pyridine rings is 1. The van der Waals surface area contributed by atoms with Gasteiger partial charge in [0.1, 0.15) is 11.9 Å². The molecule has 13 heteroatoms. The second kappa shape index (κ2) is 6.36. The zero-order valence-electron chi connectivity index (χ0n) is 13.5. The molecule has 0 spiro atoms. The van der Waals surface area contributed by atoms with E-state index in [2.05, 4.69) is 30.9 Å². The predicted octanol–water partition coefficient (Wildman–Crippen LogP) is -2.03. The number of rotatable bonds is 3. The van der Waals surface area contributed by atoms with Crippen molar-refractivity contribution in [2.75, 3.05) is 5.32 Å². The molecular weight excluding hydrogens is 344 g/mol. The van der Waals surface area contributed by atoms with Crippen LogP contribution >= 0.6 is 0 Å². The van der Waals surface area contributed by atoms with E-state index < -0.39 is 22.9 Å². The number of nitriles is 1. The Morgan fingerprint density at radius 1 is 1.23 bits per heavy atom.